The molecule has 0 amide bonds. The van der Waals surface area contributed by atoms with Gasteiger partial charge in [-0.05, 0) is 54.1 Å². The lowest BCUT2D eigenvalue weighted by Crippen LogP contribution is -2.30. The second-order valence-corrected chi connectivity index (χ2v) is 8.90. The van der Waals surface area contributed by atoms with Crippen molar-refractivity contribution in [1.82, 2.24) is 0 Å². The number of fused-ring (bicyclic) bond motifs is 1. The quantitative estimate of drug-likeness (QED) is 0.219. The Balaban J connectivity index is 1.51. The Kier molecular flexibility index (Phi) is 6.48. The van der Waals surface area contributed by atoms with Crippen molar-refractivity contribution < 1.29 is 0 Å². The lowest BCUT2D eigenvalue weighted by molar-refractivity contribution is 0.781. The third-order valence-electron chi connectivity index (χ3n) is 6.52. The summed E-state index contributed by atoms with van der Waals surface area (Å²) in [6, 6.07) is 31.0. The first-order valence-electron chi connectivity index (χ1n) is 12.0. The second-order valence-electron chi connectivity index (χ2n) is 8.90. The average molecular weight is 464 g/mol. The molecule has 0 saturated heterocycles. The molecule has 1 aliphatic carbocycles. The Bertz CT molecular complexity index is 1590. The molecule has 0 N–H and O–H groups in total. The van der Waals surface area contributed by atoms with Crippen molar-refractivity contribution in [3.8, 4) is 6.07 Å². The number of benzene rings is 4. The Labute approximate surface area is 212 Å². The summed E-state index contributed by atoms with van der Waals surface area (Å²) in [5, 5.41) is 11.7. The van der Waals surface area contributed by atoms with Crippen LogP contribution in [-0.2, 0) is 0 Å². The van der Waals surface area contributed by atoms with E-state index in [2.05, 4.69) is 108 Å². The molecule has 3 heteroatoms. The van der Waals surface area contributed by atoms with E-state index in [1.807, 2.05) is 12.2 Å². The van der Waals surface area contributed by atoms with Crippen LogP contribution in [0.1, 0.15) is 30.0 Å². The van der Waals surface area contributed by atoms with E-state index in [1.54, 1.807) is 18.2 Å². The number of allylic oxidation sites excluding steroid dienone is 2. The summed E-state index contributed by atoms with van der Waals surface area (Å²) in [6.45, 7) is 9.55. The molecule has 5 rings (SSSR count). The third kappa shape index (κ3) is 4.69. The maximum atomic E-state index is 9.21. The predicted molar refractivity (Wildman–Crippen MR) is 150 cm³/mol. The number of hydrogen-bond acceptors (Lipinski definition) is 2. The highest BCUT2D eigenvalue weighted by atomic mass is 15.2. The molecule has 0 aliphatic heterocycles. The lowest BCUT2D eigenvalue weighted by Gasteiger charge is -2.34. The predicted octanol–water partition coefficient (Wildman–Crippen LogP) is 8.85. The zero-order chi connectivity index (χ0) is 24.9. The number of hydrogen-bond donors (Lipinski definition) is 0. The minimum absolute atomic E-state index is 0.218. The van der Waals surface area contributed by atoms with E-state index in [0.29, 0.717) is 11.3 Å². The van der Waals surface area contributed by atoms with Gasteiger partial charge in [-0.3, -0.25) is 0 Å². The molecular weight excluding hydrogens is 438 g/mol. The number of anilines is 2. The summed E-state index contributed by atoms with van der Waals surface area (Å²) >= 11 is 0. The molecule has 0 fully saturated rings. The van der Waals surface area contributed by atoms with Gasteiger partial charge in [0.05, 0.1) is 24.2 Å². The van der Waals surface area contributed by atoms with Gasteiger partial charge in [0.2, 0.25) is 0 Å². The van der Waals surface area contributed by atoms with Crippen LogP contribution in [0.3, 0.4) is 0 Å². The monoisotopic (exact) mass is 463 g/mol. The molecule has 172 valence electrons. The average Bonchev–Trinajstić information content (AvgIpc) is 2.93. The summed E-state index contributed by atoms with van der Waals surface area (Å²) in [5.74, 6) is 0. The Morgan fingerprint density at radius 3 is 2.53 bits per heavy atom. The maximum absolute atomic E-state index is 9.21. The van der Waals surface area contributed by atoms with Crippen LogP contribution in [0.5, 0.6) is 0 Å². The van der Waals surface area contributed by atoms with Crippen molar-refractivity contribution in [2.24, 2.45) is 0 Å². The summed E-state index contributed by atoms with van der Waals surface area (Å²) in [7, 11) is 0. The molecule has 1 atom stereocenters. The standard InChI is InChI=1S/C33H25N3/c1-24-10-17-29(18-11-24)36(33-9-5-7-27-6-3-4-8-31(27)33)30-19-13-25(14-20-30)12-16-28-22-26(23-34)15-21-32(28)35-2/h3-17,19-22,29H,18H2,1H3. The normalized spacial score (nSPS) is 14.9. The summed E-state index contributed by atoms with van der Waals surface area (Å²) in [4.78, 5) is 6.00. The zero-order valence-electron chi connectivity index (χ0n) is 20.1. The van der Waals surface area contributed by atoms with Crippen LogP contribution in [0, 0.1) is 17.9 Å². The first-order chi connectivity index (χ1) is 17.7. The molecule has 0 bridgehead atoms. The number of nitriles is 1. The van der Waals surface area contributed by atoms with E-state index in [0.717, 1.165) is 23.2 Å². The fourth-order valence-electron chi connectivity index (χ4n) is 4.63. The van der Waals surface area contributed by atoms with Gasteiger partial charge in [-0.1, -0.05) is 96.6 Å². The van der Waals surface area contributed by atoms with Gasteiger partial charge in [-0.15, -0.1) is 0 Å². The van der Waals surface area contributed by atoms with Crippen LogP contribution in [0.4, 0.5) is 17.1 Å². The molecule has 4 aromatic carbocycles. The topological polar surface area (TPSA) is 31.4 Å². The molecule has 0 saturated carbocycles. The molecule has 0 spiro atoms. The van der Waals surface area contributed by atoms with Gasteiger partial charge in [-0.25, -0.2) is 4.85 Å². The van der Waals surface area contributed by atoms with Crippen LogP contribution < -0.4 is 4.90 Å². The minimum atomic E-state index is 0.218. The largest absolute Gasteiger partial charge is 0.334 e. The molecular formula is C33H25N3. The Hall–Kier alpha value is -4.86. The first-order valence-corrected chi connectivity index (χ1v) is 12.0. The highest BCUT2D eigenvalue weighted by Gasteiger charge is 2.21. The van der Waals surface area contributed by atoms with Gasteiger partial charge in [0.15, 0.2) is 5.69 Å². The Morgan fingerprint density at radius 1 is 0.972 bits per heavy atom. The highest BCUT2D eigenvalue weighted by Crippen LogP contribution is 2.36. The van der Waals surface area contributed by atoms with Crippen molar-refractivity contribution >= 4 is 40.0 Å². The molecule has 1 unspecified atom stereocenters. The van der Waals surface area contributed by atoms with E-state index in [9.17, 15) is 5.26 Å². The number of nitrogens with zero attached hydrogens (tertiary/aromatic N) is 3. The molecule has 1 aliphatic rings. The lowest BCUT2D eigenvalue weighted by atomic mass is 9.99. The van der Waals surface area contributed by atoms with Gasteiger partial charge in [0, 0.05) is 16.8 Å². The van der Waals surface area contributed by atoms with Crippen LogP contribution in [0.15, 0.2) is 109 Å². The molecule has 0 radical (unpaired) electrons. The molecule has 36 heavy (non-hydrogen) atoms. The maximum Gasteiger partial charge on any atom is 0.194 e. The van der Waals surface area contributed by atoms with Crippen molar-refractivity contribution in [2.75, 3.05) is 4.90 Å². The van der Waals surface area contributed by atoms with Crippen molar-refractivity contribution in [2.45, 2.75) is 19.4 Å². The SMILES string of the molecule is [C-]#[N+]c1ccc(C#N)cc1C=Cc1ccc(N(c2cccc3ccccc23)C2C=CC(C)=CC2)cc1. The van der Waals surface area contributed by atoms with Crippen molar-refractivity contribution in [3.63, 3.8) is 0 Å². The van der Waals surface area contributed by atoms with Crippen LogP contribution in [0.2, 0.25) is 0 Å². The summed E-state index contributed by atoms with van der Waals surface area (Å²) in [6.07, 6.45) is 11.6. The van der Waals surface area contributed by atoms with E-state index in [1.165, 1.54) is 22.0 Å². The van der Waals surface area contributed by atoms with Gasteiger partial charge in [0.1, 0.15) is 0 Å². The smallest absolute Gasteiger partial charge is 0.194 e. The molecule has 0 heterocycles. The minimum Gasteiger partial charge on any atom is -0.334 e. The summed E-state index contributed by atoms with van der Waals surface area (Å²) < 4.78 is 0. The van der Waals surface area contributed by atoms with Gasteiger partial charge in [-0.2, -0.15) is 5.26 Å². The Morgan fingerprint density at radius 2 is 1.78 bits per heavy atom. The van der Waals surface area contributed by atoms with Crippen molar-refractivity contribution in [3.05, 3.63) is 137 Å². The van der Waals surface area contributed by atoms with E-state index in [-0.39, 0.29) is 6.04 Å². The third-order valence-corrected chi connectivity index (χ3v) is 6.52. The first kappa shape index (κ1) is 22.9. The van der Waals surface area contributed by atoms with Crippen molar-refractivity contribution in [1.29, 1.82) is 5.26 Å². The highest BCUT2D eigenvalue weighted by molar-refractivity contribution is 5.96. The van der Waals surface area contributed by atoms with Crippen LogP contribution in [0.25, 0.3) is 27.8 Å². The molecule has 4 aromatic rings. The van der Waals surface area contributed by atoms with Crippen LogP contribution >= 0.6 is 0 Å². The zero-order valence-corrected chi connectivity index (χ0v) is 20.1. The molecule has 3 nitrogen and oxygen atoms in total. The second kappa shape index (κ2) is 10.2. The van der Waals surface area contributed by atoms with Crippen LogP contribution in [-0.4, -0.2) is 6.04 Å². The van der Waals surface area contributed by atoms with Gasteiger partial charge >= 0.3 is 0 Å². The fraction of sp³-hybridized carbons (Fsp3) is 0.0909. The number of rotatable bonds is 5. The van der Waals surface area contributed by atoms with Gasteiger partial charge < -0.3 is 4.90 Å². The van der Waals surface area contributed by atoms with E-state index >= 15 is 0 Å². The van der Waals surface area contributed by atoms with E-state index in [4.69, 9.17) is 6.57 Å². The molecule has 0 aromatic heterocycles. The summed E-state index contributed by atoms with van der Waals surface area (Å²) in [5.41, 5.74) is 6.48. The van der Waals surface area contributed by atoms with E-state index < -0.39 is 0 Å². The fourth-order valence-corrected chi connectivity index (χ4v) is 4.63. The van der Waals surface area contributed by atoms with Gasteiger partial charge in [0.25, 0.3) is 0 Å².